The molecule has 1 aliphatic carbocycles. The van der Waals surface area contributed by atoms with E-state index in [1.54, 1.807) is 19.1 Å². The summed E-state index contributed by atoms with van der Waals surface area (Å²) in [6, 6.07) is 9.32. The van der Waals surface area contributed by atoms with Gasteiger partial charge in [-0.2, -0.15) is 0 Å². The summed E-state index contributed by atoms with van der Waals surface area (Å²) in [6.07, 6.45) is 3.85. The van der Waals surface area contributed by atoms with Gasteiger partial charge in [0, 0.05) is 17.5 Å². The van der Waals surface area contributed by atoms with Crippen molar-refractivity contribution in [3.63, 3.8) is 0 Å². The maximum absolute atomic E-state index is 13.4. The SMILES string of the molecule is C[C@H](NN(C(=O)c1ccc(C(=O)NCc2cccc(O)c2)cc1Cl)C(=O)C1(C)CCCCC1)C(=O)O. The van der Waals surface area contributed by atoms with E-state index < -0.39 is 35.1 Å². The molecular formula is C26H30ClN3O6. The number of carboxylic acids is 1. The number of aliphatic carboxylic acids is 1. The quantitative estimate of drug-likeness (QED) is 0.309. The Hall–Kier alpha value is -3.43. The summed E-state index contributed by atoms with van der Waals surface area (Å²) in [6.45, 7) is 3.29. The zero-order chi connectivity index (χ0) is 26.5. The lowest BCUT2D eigenvalue weighted by Crippen LogP contribution is -2.57. The molecule has 3 rings (SSSR count). The first-order valence-electron chi connectivity index (χ1n) is 11.8. The van der Waals surface area contributed by atoms with Crippen molar-refractivity contribution in [2.75, 3.05) is 0 Å². The molecule has 0 unspecified atom stereocenters. The van der Waals surface area contributed by atoms with Gasteiger partial charge in [0.15, 0.2) is 0 Å². The third kappa shape index (κ3) is 6.41. The lowest BCUT2D eigenvalue weighted by molar-refractivity contribution is -0.147. The molecule has 1 aliphatic rings. The second kappa shape index (κ2) is 11.5. The van der Waals surface area contributed by atoms with Crippen LogP contribution in [0.3, 0.4) is 0 Å². The number of imide groups is 1. The van der Waals surface area contributed by atoms with Crippen LogP contribution in [0.2, 0.25) is 5.02 Å². The number of carbonyl (C=O) groups excluding carboxylic acids is 3. The van der Waals surface area contributed by atoms with Gasteiger partial charge < -0.3 is 15.5 Å². The van der Waals surface area contributed by atoms with Crippen LogP contribution in [-0.4, -0.2) is 45.0 Å². The average Bonchev–Trinajstić information content (AvgIpc) is 2.85. The van der Waals surface area contributed by atoms with Crippen LogP contribution < -0.4 is 10.7 Å². The number of hydrazine groups is 1. The number of carbonyl (C=O) groups is 4. The second-order valence-corrected chi connectivity index (χ2v) is 9.71. The lowest BCUT2D eigenvalue weighted by atomic mass is 9.75. The summed E-state index contributed by atoms with van der Waals surface area (Å²) < 4.78 is 0. The van der Waals surface area contributed by atoms with Gasteiger partial charge in [-0.05, 0) is 55.7 Å². The van der Waals surface area contributed by atoms with Gasteiger partial charge in [0.05, 0.1) is 10.6 Å². The summed E-state index contributed by atoms with van der Waals surface area (Å²) in [4.78, 5) is 50.9. The number of aromatic hydroxyl groups is 1. The van der Waals surface area contributed by atoms with Crippen LogP contribution >= 0.6 is 11.6 Å². The molecule has 0 aromatic heterocycles. The van der Waals surface area contributed by atoms with Gasteiger partial charge in [-0.15, -0.1) is 0 Å². The molecule has 3 amide bonds. The van der Waals surface area contributed by atoms with Gasteiger partial charge in [-0.3, -0.25) is 19.2 Å². The number of carboxylic acid groups (broad SMARTS) is 1. The monoisotopic (exact) mass is 515 g/mol. The Morgan fingerprint density at radius 3 is 2.39 bits per heavy atom. The van der Waals surface area contributed by atoms with E-state index in [9.17, 15) is 29.4 Å². The van der Waals surface area contributed by atoms with E-state index in [-0.39, 0.29) is 28.4 Å². The van der Waals surface area contributed by atoms with Crippen molar-refractivity contribution in [1.29, 1.82) is 0 Å². The van der Waals surface area contributed by atoms with Crippen molar-refractivity contribution in [3.8, 4) is 5.75 Å². The Morgan fingerprint density at radius 2 is 1.78 bits per heavy atom. The molecule has 10 heteroatoms. The minimum atomic E-state index is -1.22. The van der Waals surface area contributed by atoms with Crippen LogP contribution in [0.25, 0.3) is 0 Å². The van der Waals surface area contributed by atoms with Crippen molar-refractivity contribution in [2.45, 2.75) is 58.5 Å². The predicted octanol–water partition coefficient (Wildman–Crippen LogP) is 3.89. The molecule has 0 spiro atoms. The highest BCUT2D eigenvalue weighted by Crippen LogP contribution is 2.37. The maximum Gasteiger partial charge on any atom is 0.322 e. The van der Waals surface area contributed by atoms with Gasteiger partial charge in [-0.1, -0.05) is 49.9 Å². The highest BCUT2D eigenvalue weighted by Gasteiger charge is 2.41. The number of phenols is 1. The largest absolute Gasteiger partial charge is 0.508 e. The number of amides is 3. The number of phenolic OH excluding ortho intramolecular Hbond substituents is 1. The van der Waals surface area contributed by atoms with Gasteiger partial charge in [0.25, 0.3) is 11.8 Å². The van der Waals surface area contributed by atoms with E-state index >= 15 is 0 Å². The highest BCUT2D eigenvalue weighted by atomic mass is 35.5. The Kier molecular flexibility index (Phi) is 8.70. The van der Waals surface area contributed by atoms with E-state index in [2.05, 4.69) is 10.7 Å². The fourth-order valence-electron chi connectivity index (χ4n) is 4.18. The van der Waals surface area contributed by atoms with E-state index in [0.29, 0.717) is 18.4 Å². The van der Waals surface area contributed by atoms with Crippen molar-refractivity contribution in [2.24, 2.45) is 5.41 Å². The van der Waals surface area contributed by atoms with Crippen LogP contribution in [0.15, 0.2) is 42.5 Å². The minimum absolute atomic E-state index is 0.0425. The van der Waals surface area contributed by atoms with E-state index in [4.69, 9.17) is 11.6 Å². The molecule has 9 nitrogen and oxygen atoms in total. The smallest absolute Gasteiger partial charge is 0.322 e. The van der Waals surface area contributed by atoms with Crippen molar-refractivity contribution in [3.05, 3.63) is 64.2 Å². The van der Waals surface area contributed by atoms with Crippen molar-refractivity contribution < 1.29 is 29.4 Å². The Bertz CT molecular complexity index is 1160. The predicted molar refractivity (Wildman–Crippen MR) is 133 cm³/mol. The fraction of sp³-hybridized carbons (Fsp3) is 0.385. The van der Waals surface area contributed by atoms with Crippen LogP contribution in [0.4, 0.5) is 0 Å². The fourth-order valence-corrected chi connectivity index (χ4v) is 4.44. The summed E-state index contributed by atoms with van der Waals surface area (Å²) in [5, 5.41) is 22.3. The standard InChI is InChI=1S/C26H30ClN3O6/c1-16(24(34)35)29-30(25(36)26(2)11-4-3-5-12-26)23(33)20-10-9-18(14-21(20)27)22(32)28-15-17-7-6-8-19(31)13-17/h6-10,13-14,16,29,31H,3-5,11-12,15H2,1-2H3,(H,28,32)(H,34,35)/t16-/m0/s1. The first-order chi connectivity index (χ1) is 17.0. The lowest BCUT2D eigenvalue weighted by Gasteiger charge is -2.37. The van der Waals surface area contributed by atoms with Crippen LogP contribution in [0.5, 0.6) is 5.75 Å². The first-order valence-corrected chi connectivity index (χ1v) is 12.1. The molecule has 1 fully saturated rings. The van der Waals surface area contributed by atoms with Crippen molar-refractivity contribution >= 4 is 35.3 Å². The number of rotatable bonds is 8. The molecule has 1 saturated carbocycles. The van der Waals surface area contributed by atoms with Gasteiger partial charge in [0.2, 0.25) is 5.91 Å². The van der Waals surface area contributed by atoms with Crippen LogP contribution in [0, 0.1) is 5.41 Å². The van der Waals surface area contributed by atoms with Gasteiger partial charge >= 0.3 is 5.97 Å². The van der Waals surface area contributed by atoms with E-state index in [1.807, 2.05) is 0 Å². The zero-order valence-electron chi connectivity index (χ0n) is 20.2. The molecule has 0 radical (unpaired) electrons. The molecule has 192 valence electrons. The van der Waals surface area contributed by atoms with Gasteiger partial charge in [0.1, 0.15) is 11.8 Å². The summed E-state index contributed by atoms with van der Waals surface area (Å²) in [5.74, 6) is -2.89. The summed E-state index contributed by atoms with van der Waals surface area (Å²) in [7, 11) is 0. The zero-order valence-corrected chi connectivity index (χ0v) is 21.0. The number of hydrogen-bond acceptors (Lipinski definition) is 6. The molecule has 4 N–H and O–H groups in total. The number of nitrogens with one attached hydrogen (secondary N) is 2. The van der Waals surface area contributed by atoms with E-state index in [1.165, 1.54) is 37.3 Å². The summed E-state index contributed by atoms with van der Waals surface area (Å²) in [5.41, 5.74) is 2.56. The van der Waals surface area contributed by atoms with Crippen LogP contribution in [0.1, 0.15) is 72.2 Å². The molecule has 0 saturated heterocycles. The van der Waals surface area contributed by atoms with Crippen molar-refractivity contribution in [1.82, 2.24) is 15.8 Å². The Morgan fingerprint density at radius 1 is 1.08 bits per heavy atom. The third-order valence-corrected chi connectivity index (χ3v) is 6.71. The molecule has 0 bridgehead atoms. The topological polar surface area (TPSA) is 136 Å². The number of halogens is 1. The maximum atomic E-state index is 13.4. The Balaban J connectivity index is 1.81. The first kappa shape index (κ1) is 27.2. The highest BCUT2D eigenvalue weighted by molar-refractivity contribution is 6.34. The molecule has 2 aromatic carbocycles. The molecule has 0 heterocycles. The minimum Gasteiger partial charge on any atom is -0.508 e. The number of benzene rings is 2. The Labute approximate surface area is 214 Å². The van der Waals surface area contributed by atoms with E-state index in [0.717, 1.165) is 24.3 Å². The molecular weight excluding hydrogens is 486 g/mol. The molecule has 36 heavy (non-hydrogen) atoms. The summed E-state index contributed by atoms with van der Waals surface area (Å²) >= 11 is 6.36. The second-order valence-electron chi connectivity index (χ2n) is 9.30. The number of nitrogens with zero attached hydrogens (tertiary/aromatic N) is 1. The van der Waals surface area contributed by atoms with Crippen LogP contribution in [-0.2, 0) is 16.1 Å². The molecule has 2 aromatic rings. The number of hydrogen-bond donors (Lipinski definition) is 4. The average molecular weight is 516 g/mol. The normalized spacial score (nSPS) is 15.5. The molecule has 0 aliphatic heterocycles. The molecule has 1 atom stereocenters. The van der Waals surface area contributed by atoms with Gasteiger partial charge in [-0.25, -0.2) is 10.4 Å². The third-order valence-electron chi connectivity index (χ3n) is 6.40.